The highest BCUT2D eigenvalue weighted by Gasteiger charge is 2.28. The maximum absolute atomic E-state index is 13.5. The number of halogens is 1. The quantitative estimate of drug-likeness (QED) is 0.226. The third-order valence-corrected chi connectivity index (χ3v) is 8.21. The zero-order valence-electron chi connectivity index (χ0n) is 21.6. The Morgan fingerprint density at radius 3 is 2.32 bits per heavy atom. The van der Waals surface area contributed by atoms with Crippen LogP contribution in [0.3, 0.4) is 0 Å². The topological polar surface area (TPSA) is 83.8 Å². The molecule has 1 aromatic heterocycles. The fraction of sp³-hybridized carbons (Fsp3) is 0.172. The second kappa shape index (κ2) is 11.2. The normalized spacial score (nSPS) is 11.6. The van der Waals surface area contributed by atoms with E-state index >= 15 is 0 Å². The Morgan fingerprint density at radius 2 is 1.66 bits per heavy atom. The average molecular weight is 549 g/mol. The number of nitrogens with zero attached hydrogens (tertiary/aromatic N) is 3. The van der Waals surface area contributed by atoms with Gasteiger partial charge >= 0.3 is 0 Å². The minimum Gasteiger partial charge on any atom is -0.318 e. The van der Waals surface area contributed by atoms with E-state index in [4.69, 9.17) is 11.6 Å². The lowest BCUT2D eigenvalue weighted by molar-refractivity contribution is -0.119. The summed E-state index contributed by atoms with van der Waals surface area (Å²) in [5.41, 5.74) is 8.51. The number of hydrogen-bond donors (Lipinski definition) is 1. The summed E-state index contributed by atoms with van der Waals surface area (Å²) in [6.07, 6.45) is 1.56. The standard InChI is InChI=1S/C29H29ClN4O3S/c1-20-10-13-26(14-11-20)34-22(3)17-24(23(34)4)18-31-32-29(35)19-33(28-15-12-25(30)16-21(28)2)38(36,37)27-8-6-5-7-9-27/h5-18H,19H2,1-4H3,(H,32,35)/b31-18+. The largest absolute Gasteiger partial charge is 0.318 e. The number of anilines is 1. The van der Waals surface area contributed by atoms with Crippen molar-refractivity contribution in [3.05, 3.63) is 112 Å². The molecule has 0 unspecified atom stereocenters. The number of sulfonamides is 1. The number of carbonyl (C=O) groups is 1. The Morgan fingerprint density at radius 1 is 0.974 bits per heavy atom. The first-order valence-corrected chi connectivity index (χ1v) is 13.8. The van der Waals surface area contributed by atoms with Gasteiger partial charge in [-0.2, -0.15) is 5.10 Å². The van der Waals surface area contributed by atoms with E-state index in [0.717, 1.165) is 26.9 Å². The smallest absolute Gasteiger partial charge is 0.264 e. The second-order valence-electron chi connectivity index (χ2n) is 9.05. The van der Waals surface area contributed by atoms with Crippen molar-refractivity contribution in [1.82, 2.24) is 9.99 Å². The van der Waals surface area contributed by atoms with Crippen LogP contribution in [0.2, 0.25) is 5.02 Å². The molecule has 0 saturated heterocycles. The van der Waals surface area contributed by atoms with Crippen molar-refractivity contribution in [2.24, 2.45) is 5.10 Å². The van der Waals surface area contributed by atoms with Crippen molar-refractivity contribution in [1.29, 1.82) is 0 Å². The third kappa shape index (κ3) is 5.82. The number of benzene rings is 3. The molecule has 0 radical (unpaired) electrons. The second-order valence-corrected chi connectivity index (χ2v) is 11.3. The Balaban J connectivity index is 1.56. The summed E-state index contributed by atoms with van der Waals surface area (Å²) < 4.78 is 30.2. The Bertz CT molecular complexity index is 1600. The highest BCUT2D eigenvalue weighted by atomic mass is 35.5. The fourth-order valence-electron chi connectivity index (χ4n) is 4.27. The molecular formula is C29H29ClN4O3S. The summed E-state index contributed by atoms with van der Waals surface area (Å²) in [7, 11) is -4.03. The molecule has 0 spiro atoms. The fourth-order valence-corrected chi connectivity index (χ4v) is 6.00. The van der Waals surface area contributed by atoms with E-state index in [1.807, 2.05) is 26.8 Å². The van der Waals surface area contributed by atoms with Crippen molar-refractivity contribution in [2.75, 3.05) is 10.8 Å². The van der Waals surface area contributed by atoms with Gasteiger partial charge in [-0.05, 0) is 81.8 Å². The first kappa shape index (κ1) is 27.2. The molecule has 0 saturated carbocycles. The molecule has 3 aromatic carbocycles. The van der Waals surface area contributed by atoms with E-state index in [2.05, 4.69) is 39.4 Å². The van der Waals surface area contributed by atoms with Crippen LogP contribution >= 0.6 is 11.6 Å². The van der Waals surface area contributed by atoms with Gasteiger partial charge in [0.1, 0.15) is 6.54 Å². The number of amides is 1. The lowest BCUT2D eigenvalue weighted by atomic mass is 10.2. The van der Waals surface area contributed by atoms with Gasteiger partial charge in [-0.3, -0.25) is 9.10 Å². The molecular weight excluding hydrogens is 520 g/mol. The number of carbonyl (C=O) groups excluding carboxylic acids is 1. The lowest BCUT2D eigenvalue weighted by Crippen LogP contribution is -2.40. The zero-order chi connectivity index (χ0) is 27.4. The van der Waals surface area contributed by atoms with Crippen LogP contribution < -0.4 is 9.73 Å². The molecule has 1 heterocycles. The van der Waals surface area contributed by atoms with Gasteiger partial charge in [0, 0.05) is 27.7 Å². The van der Waals surface area contributed by atoms with Crippen molar-refractivity contribution < 1.29 is 13.2 Å². The highest BCUT2D eigenvalue weighted by Crippen LogP contribution is 2.28. The van der Waals surface area contributed by atoms with E-state index in [-0.39, 0.29) is 4.90 Å². The maximum Gasteiger partial charge on any atom is 0.264 e. The summed E-state index contributed by atoms with van der Waals surface area (Å²) in [4.78, 5) is 13.0. The number of nitrogens with one attached hydrogen (secondary N) is 1. The summed E-state index contributed by atoms with van der Waals surface area (Å²) in [5.74, 6) is -0.581. The molecule has 7 nitrogen and oxygen atoms in total. The molecule has 0 bridgehead atoms. The highest BCUT2D eigenvalue weighted by molar-refractivity contribution is 7.92. The van der Waals surface area contributed by atoms with Crippen LogP contribution in [0.5, 0.6) is 0 Å². The number of aromatic nitrogens is 1. The van der Waals surface area contributed by atoms with Gasteiger partial charge in [-0.1, -0.05) is 47.5 Å². The number of hydrogen-bond acceptors (Lipinski definition) is 4. The Kier molecular flexibility index (Phi) is 8.04. The predicted molar refractivity (Wildman–Crippen MR) is 153 cm³/mol. The van der Waals surface area contributed by atoms with Crippen LogP contribution in [0.25, 0.3) is 5.69 Å². The van der Waals surface area contributed by atoms with E-state index in [1.165, 1.54) is 17.7 Å². The molecule has 1 amide bonds. The molecule has 196 valence electrons. The predicted octanol–water partition coefficient (Wildman–Crippen LogP) is 5.71. The first-order valence-electron chi connectivity index (χ1n) is 12.0. The van der Waals surface area contributed by atoms with E-state index < -0.39 is 22.5 Å². The molecule has 4 rings (SSSR count). The first-order chi connectivity index (χ1) is 18.1. The molecule has 0 aliphatic carbocycles. The van der Waals surface area contributed by atoms with Crippen LogP contribution in [0.1, 0.15) is 28.1 Å². The van der Waals surface area contributed by atoms with Gasteiger partial charge in [0.05, 0.1) is 16.8 Å². The van der Waals surface area contributed by atoms with Crippen LogP contribution in [-0.4, -0.2) is 31.7 Å². The summed E-state index contributed by atoms with van der Waals surface area (Å²) in [6, 6.07) is 23.0. The molecule has 0 aliphatic heterocycles. The van der Waals surface area contributed by atoms with Crippen LogP contribution in [0.15, 0.2) is 88.9 Å². The molecule has 4 aromatic rings. The van der Waals surface area contributed by atoms with Crippen molar-refractivity contribution in [3.8, 4) is 5.69 Å². The molecule has 0 fully saturated rings. The van der Waals surface area contributed by atoms with Gasteiger partial charge in [0.15, 0.2) is 0 Å². The zero-order valence-corrected chi connectivity index (χ0v) is 23.2. The van der Waals surface area contributed by atoms with Gasteiger partial charge < -0.3 is 4.57 Å². The van der Waals surface area contributed by atoms with Crippen LogP contribution in [0.4, 0.5) is 5.69 Å². The van der Waals surface area contributed by atoms with Crippen LogP contribution in [0, 0.1) is 27.7 Å². The minimum absolute atomic E-state index is 0.0780. The van der Waals surface area contributed by atoms with E-state index in [9.17, 15) is 13.2 Å². The molecule has 0 aliphatic rings. The van der Waals surface area contributed by atoms with Gasteiger partial charge in [-0.25, -0.2) is 13.8 Å². The number of aryl methyl sites for hydroxylation is 3. The Labute approximate surface area is 228 Å². The molecule has 9 heteroatoms. The summed E-state index contributed by atoms with van der Waals surface area (Å²) in [6.45, 7) is 7.31. The Hall–Kier alpha value is -3.88. The SMILES string of the molecule is Cc1ccc(-n2c(C)cc(/C=N/NC(=O)CN(c3ccc(Cl)cc3C)S(=O)(=O)c3ccccc3)c2C)cc1. The third-order valence-electron chi connectivity index (χ3n) is 6.20. The van der Waals surface area contributed by atoms with Crippen molar-refractivity contribution in [3.63, 3.8) is 0 Å². The molecule has 0 atom stereocenters. The van der Waals surface area contributed by atoms with Gasteiger partial charge in [0.25, 0.3) is 15.9 Å². The van der Waals surface area contributed by atoms with Crippen molar-refractivity contribution >= 4 is 39.4 Å². The molecule has 38 heavy (non-hydrogen) atoms. The summed E-state index contributed by atoms with van der Waals surface area (Å²) in [5, 5.41) is 4.59. The van der Waals surface area contributed by atoms with Crippen LogP contribution in [-0.2, 0) is 14.8 Å². The monoisotopic (exact) mass is 548 g/mol. The molecule has 1 N–H and O–H groups in total. The average Bonchev–Trinajstić information content (AvgIpc) is 3.16. The maximum atomic E-state index is 13.5. The lowest BCUT2D eigenvalue weighted by Gasteiger charge is -2.25. The number of hydrazone groups is 1. The van der Waals surface area contributed by atoms with E-state index in [1.54, 1.807) is 49.5 Å². The van der Waals surface area contributed by atoms with E-state index in [0.29, 0.717) is 16.3 Å². The number of rotatable bonds is 8. The van der Waals surface area contributed by atoms with Gasteiger partial charge in [0.2, 0.25) is 0 Å². The van der Waals surface area contributed by atoms with Crippen molar-refractivity contribution in [2.45, 2.75) is 32.6 Å². The summed E-state index contributed by atoms with van der Waals surface area (Å²) >= 11 is 6.09. The minimum atomic E-state index is -4.03. The van der Waals surface area contributed by atoms with Gasteiger partial charge in [-0.15, -0.1) is 0 Å².